The Hall–Kier alpha value is -2.12. The van der Waals surface area contributed by atoms with Gasteiger partial charge in [-0.3, -0.25) is 4.79 Å². The molecule has 0 aliphatic carbocycles. The van der Waals surface area contributed by atoms with Gasteiger partial charge in [-0.15, -0.1) is 0 Å². The van der Waals surface area contributed by atoms with Crippen molar-refractivity contribution < 1.29 is 17.6 Å². The predicted molar refractivity (Wildman–Crippen MR) is 90.0 cm³/mol. The first-order valence-electron chi connectivity index (χ1n) is 7.82. The SMILES string of the molecule is Cc1ccccc1CS(=O)(=O)N1CCN(C(=O)c2ccco2)CC1. The van der Waals surface area contributed by atoms with Crippen molar-refractivity contribution in [2.75, 3.05) is 26.2 Å². The average molecular weight is 348 g/mol. The number of amides is 1. The van der Waals surface area contributed by atoms with E-state index in [1.54, 1.807) is 17.0 Å². The zero-order valence-corrected chi connectivity index (χ0v) is 14.3. The van der Waals surface area contributed by atoms with E-state index in [2.05, 4.69) is 0 Å². The number of nitrogens with zero attached hydrogens (tertiary/aromatic N) is 2. The van der Waals surface area contributed by atoms with E-state index in [0.717, 1.165) is 11.1 Å². The Bertz CT molecular complexity index is 807. The molecule has 1 aromatic carbocycles. The van der Waals surface area contributed by atoms with Gasteiger partial charge in [0.25, 0.3) is 5.91 Å². The van der Waals surface area contributed by atoms with Crippen molar-refractivity contribution in [3.63, 3.8) is 0 Å². The quantitative estimate of drug-likeness (QED) is 0.846. The molecule has 128 valence electrons. The summed E-state index contributed by atoms with van der Waals surface area (Å²) in [4.78, 5) is 13.8. The second kappa shape index (κ2) is 6.78. The summed E-state index contributed by atoms with van der Waals surface area (Å²) in [7, 11) is -3.39. The molecule has 0 bridgehead atoms. The third kappa shape index (κ3) is 3.52. The number of piperazine rings is 1. The molecule has 1 amide bonds. The number of furan rings is 1. The lowest BCUT2D eigenvalue weighted by Crippen LogP contribution is -2.50. The Kier molecular flexibility index (Phi) is 4.73. The number of carbonyl (C=O) groups is 1. The molecule has 0 spiro atoms. The van der Waals surface area contributed by atoms with Gasteiger partial charge in [-0.2, -0.15) is 4.31 Å². The molecule has 1 saturated heterocycles. The largest absolute Gasteiger partial charge is 0.459 e. The molecule has 0 saturated carbocycles. The topological polar surface area (TPSA) is 70.8 Å². The van der Waals surface area contributed by atoms with Gasteiger partial charge in [0.05, 0.1) is 12.0 Å². The minimum atomic E-state index is -3.39. The summed E-state index contributed by atoms with van der Waals surface area (Å²) < 4.78 is 31.8. The summed E-state index contributed by atoms with van der Waals surface area (Å²) in [5.41, 5.74) is 1.78. The number of hydrogen-bond acceptors (Lipinski definition) is 4. The van der Waals surface area contributed by atoms with Crippen LogP contribution in [0.4, 0.5) is 0 Å². The standard InChI is InChI=1S/C17H20N2O4S/c1-14-5-2-3-6-15(14)13-24(21,22)19-10-8-18(9-11-19)17(20)16-7-4-12-23-16/h2-7,12H,8-11,13H2,1H3. The van der Waals surface area contributed by atoms with Crippen LogP contribution in [0.5, 0.6) is 0 Å². The molecule has 0 unspecified atom stereocenters. The van der Waals surface area contributed by atoms with Crippen LogP contribution in [0.25, 0.3) is 0 Å². The van der Waals surface area contributed by atoms with Crippen LogP contribution >= 0.6 is 0 Å². The van der Waals surface area contributed by atoms with E-state index >= 15 is 0 Å². The number of rotatable bonds is 4. The highest BCUT2D eigenvalue weighted by molar-refractivity contribution is 7.88. The fourth-order valence-electron chi connectivity index (χ4n) is 2.79. The van der Waals surface area contributed by atoms with E-state index < -0.39 is 10.0 Å². The first kappa shape index (κ1) is 16.7. The second-order valence-corrected chi connectivity index (χ2v) is 7.82. The Morgan fingerprint density at radius 2 is 1.79 bits per heavy atom. The Morgan fingerprint density at radius 3 is 2.42 bits per heavy atom. The van der Waals surface area contributed by atoms with Crippen LogP contribution in [0.1, 0.15) is 21.7 Å². The normalized spacial score (nSPS) is 16.3. The number of sulfonamides is 1. The monoisotopic (exact) mass is 348 g/mol. The van der Waals surface area contributed by atoms with Crippen molar-refractivity contribution in [1.29, 1.82) is 0 Å². The third-order valence-electron chi connectivity index (χ3n) is 4.25. The Morgan fingerprint density at radius 1 is 1.08 bits per heavy atom. The first-order chi connectivity index (χ1) is 11.5. The maximum atomic E-state index is 12.6. The molecule has 3 rings (SSSR count). The van der Waals surface area contributed by atoms with Gasteiger partial charge in [-0.25, -0.2) is 8.42 Å². The summed E-state index contributed by atoms with van der Waals surface area (Å²) in [6.07, 6.45) is 1.45. The zero-order chi connectivity index (χ0) is 17.2. The van der Waals surface area contributed by atoms with Gasteiger partial charge in [0.2, 0.25) is 10.0 Å². The number of benzene rings is 1. The average Bonchev–Trinajstić information content (AvgIpc) is 3.11. The minimum Gasteiger partial charge on any atom is -0.459 e. The van der Waals surface area contributed by atoms with Gasteiger partial charge < -0.3 is 9.32 Å². The molecule has 0 atom stereocenters. The lowest BCUT2D eigenvalue weighted by Gasteiger charge is -2.33. The van der Waals surface area contributed by atoms with E-state index in [9.17, 15) is 13.2 Å². The maximum Gasteiger partial charge on any atom is 0.289 e. The Balaban J connectivity index is 1.63. The summed E-state index contributed by atoms with van der Waals surface area (Å²) in [6, 6.07) is 10.8. The zero-order valence-electron chi connectivity index (χ0n) is 13.5. The fraction of sp³-hybridized carbons (Fsp3) is 0.353. The van der Waals surface area contributed by atoms with Crippen molar-refractivity contribution in [3.8, 4) is 0 Å². The van der Waals surface area contributed by atoms with Crippen LogP contribution in [0, 0.1) is 6.92 Å². The number of hydrogen-bond donors (Lipinski definition) is 0. The second-order valence-electron chi connectivity index (χ2n) is 5.85. The van der Waals surface area contributed by atoms with E-state index in [1.165, 1.54) is 10.6 Å². The smallest absolute Gasteiger partial charge is 0.289 e. The maximum absolute atomic E-state index is 12.6. The van der Waals surface area contributed by atoms with Gasteiger partial charge in [0.15, 0.2) is 5.76 Å². The highest BCUT2D eigenvalue weighted by atomic mass is 32.2. The van der Waals surface area contributed by atoms with E-state index in [0.29, 0.717) is 26.2 Å². The predicted octanol–water partition coefficient (Wildman–Crippen LogP) is 1.88. The highest BCUT2D eigenvalue weighted by Gasteiger charge is 2.30. The van der Waals surface area contributed by atoms with Gasteiger partial charge in [0, 0.05) is 26.2 Å². The molecule has 1 fully saturated rings. The molecule has 0 N–H and O–H groups in total. The van der Waals surface area contributed by atoms with Gasteiger partial charge >= 0.3 is 0 Å². The molecule has 2 heterocycles. The number of aryl methyl sites for hydroxylation is 1. The minimum absolute atomic E-state index is 0.00813. The molecule has 24 heavy (non-hydrogen) atoms. The molecule has 0 radical (unpaired) electrons. The molecule has 7 heteroatoms. The van der Waals surface area contributed by atoms with Gasteiger partial charge in [0.1, 0.15) is 0 Å². The molecular weight excluding hydrogens is 328 g/mol. The summed E-state index contributed by atoms with van der Waals surface area (Å²) in [6.45, 7) is 3.26. The third-order valence-corrected chi connectivity index (χ3v) is 6.08. The molecule has 1 aliphatic rings. The lowest BCUT2D eigenvalue weighted by atomic mass is 10.1. The van der Waals surface area contributed by atoms with Crippen molar-refractivity contribution in [2.45, 2.75) is 12.7 Å². The summed E-state index contributed by atoms with van der Waals surface area (Å²) in [5.74, 6) is 0.0772. The van der Waals surface area contributed by atoms with Crippen LogP contribution < -0.4 is 0 Å². The van der Waals surface area contributed by atoms with Gasteiger partial charge in [-0.1, -0.05) is 24.3 Å². The molecule has 2 aromatic rings. The van der Waals surface area contributed by atoms with Crippen LogP contribution in [0.2, 0.25) is 0 Å². The number of carbonyl (C=O) groups excluding carboxylic acids is 1. The Labute approximate surface area is 141 Å². The van der Waals surface area contributed by atoms with Gasteiger partial charge in [-0.05, 0) is 30.2 Å². The molecule has 1 aliphatic heterocycles. The van der Waals surface area contributed by atoms with Crippen LogP contribution in [-0.2, 0) is 15.8 Å². The molecule has 1 aromatic heterocycles. The van der Waals surface area contributed by atoms with Crippen molar-refractivity contribution >= 4 is 15.9 Å². The van der Waals surface area contributed by atoms with Crippen molar-refractivity contribution in [3.05, 3.63) is 59.5 Å². The fourth-order valence-corrected chi connectivity index (χ4v) is 4.40. The highest BCUT2D eigenvalue weighted by Crippen LogP contribution is 2.17. The van der Waals surface area contributed by atoms with Crippen LogP contribution in [0.15, 0.2) is 47.1 Å². The summed E-state index contributed by atoms with van der Waals surface area (Å²) >= 11 is 0. The van der Waals surface area contributed by atoms with Crippen LogP contribution in [-0.4, -0.2) is 49.7 Å². The van der Waals surface area contributed by atoms with E-state index in [4.69, 9.17) is 4.42 Å². The lowest BCUT2D eigenvalue weighted by molar-refractivity contribution is 0.0666. The van der Waals surface area contributed by atoms with E-state index in [-0.39, 0.29) is 17.4 Å². The van der Waals surface area contributed by atoms with Crippen LogP contribution in [0.3, 0.4) is 0 Å². The molecule has 6 nitrogen and oxygen atoms in total. The van der Waals surface area contributed by atoms with Crippen molar-refractivity contribution in [2.24, 2.45) is 0 Å². The van der Waals surface area contributed by atoms with E-state index in [1.807, 2.05) is 31.2 Å². The molecular formula is C17H20N2O4S. The van der Waals surface area contributed by atoms with Crippen molar-refractivity contribution in [1.82, 2.24) is 9.21 Å². The first-order valence-corrected chi connectivity index (χ1v) is 9.43. The summed E-state index contributed by atoms with van der Waals surface area (Å²) in [5, 5.41) is 0.